The van der Waals surface area contributed by atoms with Crippen molar-refractivity contribution in [3.63, 3.8) is 0 Å². The molecular weight excluding hydrogens is 490 g/mol. The fourth-order valence-corrected chi connectivity index (χ4v) is 6.18. The van der Waals surface area contributed by atoms with Gasteiger partial charge in [0.2, 0.25) is 10.0 Å². The second kappa shape index (κ2) is 10.4. The lowest BCUT2D eigenvalue weighted by Gasteiger charge is -2.33. The predicted molar refractivity (Wildman–Crippen MR) is 141 cm³/mol. The van der Waals surface area contributed by atoms with Crippen molar-refractivity contribution in [2.45, 2.75) is 37.2 Å². The number of benzene rings is 3. The van der Waals surface area contributed by atoms with Crippen LogP contribution in [0.4, 0.5) is 11.4 Å². The molecule has 1 saturated heterocycles. The Morgan fingerprint density at radius 1 is 1.00 bits per heavy atom. The maximum Gasteiger partial charge on any atom is 0.267 e. The van der Waals surface area contributed by atoms with E-state index in [1.165, 1.54) is 28.6 Å². The van der Waals surface area contributed by atoms with Crippen molar-refractivity contribution in [3.05, 3.63) is 83.9 Å². The molecule has 0 bridgehead atoms. The molecule has 9 heteroatoms. The smallest absolute Gasteiger partial charge is 0.267 e. The Kier molecular flexibility index (Phi) is 6.99. The van der Waals surface area contributed by atoms with Crippen LogP contribution >= 0.6 is 0 Å². The van der Waals surface area contributed by atoms with Crippen molar-refractivity contribution in [1.82, 2.24) is 4.31 Å². The van der Waals surface area contributed by atoms with Crippen LogP contribution in [-0.4, -0.2) is 50.3 Å². The van der Waals surface area contributed by atoms with Gasteiger partial charge in [-0.3, -0.25) is 9.59 Å². The van der Waals surface area contributed by atoms with Gasteiger partial charge in [-0.25, -0.2) is 8.42 Å². The van der Waals surface area contributed by atoms with Crippen LogP contribution in [0.5, 0.6) is 5.75 Å². The van der Waals surface area contributed by atoms with E-state index < -0.39 is 16.1 Å². The van der Waals surface area contributed by atoms with Crippen LogP contribution in [0.3, 0.4) is 0 Å². The molecule has 0 spiro atoms. The number of hydrogen-bond acceptors (Lipinski definition) is 5. The summed E-state index contributed by atoms with van der Waals surface area (Å²) in [6, 6.07) is 21.1. The van der Waals surface area contributed by atoms with Gasteiger partial charge in [0.25, 0.3) is 11.8 Å². The average Bonchev–Trinajstić information content (AvgIpc) is 3.46. The van der Waals surface area contributed by atoms with E-state index in [9.17, 15) is 18.0 Å². The number of anilines is 2. The van der Waals surface area contributed by atoms with Gasteiger partial charge in [-0.2, -0.15) is 4.31 Å². The maximum atomic E-state index is 12.9. The van der Waals surface area contributed by atoms with Gasteiger partial charge in [-0.05, 0) is 74.2 Å². The van der Waals surface area contributed by atoms with Gasteiger partial charge in [0.15, 0.2) is 6.10 Å². The molecule has 2 aliphatic heterocycles. The highest BCUT2D eigenvalue weighted by molar-refractivity contribution is 7.89. The first kappa shape index (κ1) is 25.0. The van der Waals surface area contributed by atoms with Gasteiger partial charge < -0.3 is 15.0 Å². The summed E-state index contributed by atoms with van der Waals surface area (Å²) in [7, 11) is -3.54. The molecule has 5 rings (SSSR count). The van der Waals surface area contributed by atoms with E-state index in [0.717, 1.165) is 18.4 Å². The number of hydrogen-bond donors (Lipinski definition) is 1. The normalized spacial score (nSPS) is 17.8. The van der Waals surface area contributed by atoms with Crippen LogP contribution in [0.25, 0.3) is 0 Å². The van der Waals surface area contributed by atoms with Crippen LogP contribution in [0.2, 0.25) is 0 Å². The summed E-state index contributed by atoms with van der Waals surface area (Å²) in [6.07, 6.45) is 1.81. The largest absolute Gasteiger partial charge is 0.479 e. The molecule has 2 amide bonds. The molecule has 1 fully saturated rings. The van der Waals surface area contributed by atoms with Crippen LogP contribution in [0.1, 0.15) is 35.7 Å². The summed E-state index contributed by atoms with van der Waals surface area (Å²) in [5.41, 5.74) is 2.56. The van der Waals surface area contributed by atoms with E-state index in [1.807, 2.05) is 30.3 Å². The summed E-state index contributed by atoms with van der Waals surface area (Å²) >= 11 is 0. The van der Waals surface area contributed by atoms with Gasteiger partial charge in [0.05, 0.1) is 10.6 Å². The zero-order chi connectivity index (χ0) is 26.0. The SMILES string of the molecule is CC1Oc2ccc(NC(=O)c3ccc(S(=O)(=O)N4CCCC4)cc3)cc2N(CCc2ccccc2)C1=O. The summed E-state index contributed by atoms with van der Waals surface area (Å²) in [5, 5.41) is 2.85. The minimum absolute atomic E-state index is 0.137. The quantitative estimate of drug-likeness (QED) is 0.508. The molecule has 3 aromatic rings. The Labute approximate surface area is 216 Å². The molecule has 2 heterocycles. The Morgan fingerprint density at radius 3 is 2.41 bits per heavy atom. The number of rotatable bonds is 7. The molecule has 0 aliphatic carbocycles. The first-order chi connectivity index (χ1) is 17.8. The predicted octanol–water partition coefficient (Wildman–Crippen LogP) is 4.08. The second-order valence-corrected chi connectivity index (χ2v) is 11.2. The third kappa shape index (κ3) is 5.23. The molecule has 0 aromatic heterocycles. The summed E-state index contributed by atoms with van der Waals surface area (Å²) in [6.45, 7) is 3.25. The minimum atomic E-state index is -3.54. The summed E-state index contributed by atoms with van der Waals surface area (Å²) < 4.78 is 32.8. The number of fused-ring (bicyclic) bond motifs is 1. The van der Waals surface area contributed by atoms with Crippen molar-refractivity contribution in [3.8, 4) is 5.75 Å². The minimum Gasteiger partial charge on any atom is -0.479 e. The van der Waals surface area contributed by atoms with Crippen molar-refractivity contribution < 1.29 is 22.7 Å². The topological polar surface area (TPSA) is 96.0 Å². The molecule has 37 heavy (non-hydrogen) atoms. The Bertz CT molecular complexity index is 1400. The van der Waals surface area contributed by atoms with E-state index in [0.29, 0.717) is 48.7 Å². The molecule has 3 aromatic carbocycles. The zero-order valence-electron chi connectivity index (χ0n) is 20.6. The number of ether oxygens (including phenoxy) is 1. The van der Waals surface area contributed by atoms with Gasteiger partial charge in [0, 0.05) is 30.9 Å². The fraction of sp³-hybridized carbons (Fsp3) is 0.286. The maximum absolute atomic E-state index is 12.9. The zero-order valence-corrected chi connectivity index (χ0v) is 21.4. The molecule has 8 nitrogen and oxygen atoms in total. The number of sulfonamides is 1. The number of nitrogens with one attached hydrogen (secondary N) is 1. The summed E-state index contributed by atoms with van der Waals surface area (Å²) in [4.78, 5) is 27.7. The molecule has 2 aliphatic rings. The van der Waals surface area contributed by atoms with Crippen LogP contribution in [0.15, 0.2) is 77.7 Å². The van der Waals surface area contributed by atoms with Gasteiger partial charge in [-0.15, -0.1) is 0 Å². The monoisotopic (exact) mass is 519 g/mol. The van der Waals surface area contributed by atoms with Crippen molar-refractivity contribution in [2.24, 2.45) is 0 Å². The van der Waals surface area contributed by atoms with E-state index in [4.69, 9.17) is 4.74 Å². The Hall–Kier alpha value is -3.69. The highest BCUT2D eigenvalue weighted by Crippen LogP contribution is 2.36. The Balaban J connectivity index is 1.32. The highest BCUT2D eigenvalue weighted by atomic mass is 32.2. The average molecular weight is 520 g/mol. The van der Waals surface area contributed by atoms with Crippen LogP contribution in [-0.2, 0) is 21.2 Å². The first-order valence-electron chi connectivity index (χ1n) is 12.4. The number of carbonyl (C=O) groups is 2. The van der Waals surface area contributed by atoms with E-state index >= 15 is 0 Å². The van der Waals surface area contributed by atoms with Gasteiger partial charge >= 0.3 is 0 Å². The standard InChI is InChI=1S/C28H29N3O5S/c1-20-28(33)31(18-15-21-7-3-2-4-8-21)25-19-23(11-14-26(25)36-20)29-27(32)22-9-12-24(13-10-22)37(34,35)30-16-5-6-17-30/h2-4,7-14,19-20H,5-6,15-18H2,1H3,(H,29,32). The van der Waals surface area contributed by atoms with Gasteiger partial charge in [0.1, 0.15) is 5.75 Å². The lowest BCUT2D eigenvalue weighted by molar-refractivity contribution is -0.125. The fourth-order valence-electron chi connectivity index (χ4n) is 4.66. The summed E-state index contributed by atoms with van der Waals surface area (Å²) in [5.74, 6) is 0.0636. The van der Waals surface area contributed by atoms with Crippen molar-refractivity contribution >= 4 is 33.2 Å². The van der Waals surface area contributed by atoms with Crippen molar-refractivity contribution in [1.29, 1.82) is 0 Å². The third-order valence-electron chi connectivity index (χ3n) is 6.71. The van der Waals surface area contributed by atoms with Gasteiger partial charge in [-0.1, -0.05) is 30.3 Å². The Morgan fingerprint density at radius 2 is 1.70 bits per heavy atom. The lowest BCUT2D eigenvalue weighted by Crippen LogP contribution is -2.45. The molecular formula is C28H29N3O5S. The molecule has 1 N–H and O–H groups in total. The molecule has 0 saturated carbocycles. The second-order valence-electron chi connectivity index (χ2n) is 9.26. The molecule has 0 radical (unpaired) electrons. The number of carbonyl (C=O) groups excluding carboxylic acids is 2. The third-order valence-corrected chi connectivity index (χ3v) is 8.62. The molecule has 192 valence electrons. The van der Waals surface area contributed by atoms with Crippen LogP contribution < -0.4 is 15.0 Å². The first-order valence-corrected chi connectivity index (χ1v) is 13.8. The highest BCUT2D eigenvalue weighted by Gasteiger charge is 2.32. The van der Waals surface area contributed by atoms with E-state index in [-0.39, 0.29) is 16.7 Å². The lowest BCUT2D eigenvalue weighted by atomic mass is 10.1. The van der Waals surface area contributed by atoms with Crippen LogP contribution in [0, 0.1) is 0 Å². The number of nitrogens with zero attached hydrogens (tertiary/aromatic N) is 2. The van der Waals surface area contributed by atoms with Crippen molar-refractivity contribution in [2.75, 3.05) is 29.9 Å². The van der Waals surface area contributed by atoms with E-state index in [1.54, 1.807) is 30.0 Å². The number of amides is 2. The van der Waals surface area contributed by atoms with E-state index in [2.05, 4.69) is 5.32 Å². The molecule has 1 atom stereocenters. The molecule has 1 unspecified atom stereocenters.